The monoisotopic (exact) mass is 424 g/mol. The van der Waals surface area contributed by atoms with E-state index in [0.717, 1.165) is 35.5 Å². The number of anilines is 2. The van der Waals surface area contributed by atoms with Gasteiger partial charge in [-0.3, -0.25) is 9.10 Å². The van der Waals surface area contributed by atoms with Gasteiger partial charge in [0.25, 0.3) is 5.91 Å². The van der Waals surface area contributed by atoms with Gasteiger partial charge in [-0.2, -0.15) is 5.10 Å². The molecule has 0 fully saturated rings. The third-order valence-electron chi connectivity index (χ3n) is 5.21. The van der Waals surface area contributed by atoms with E-state index in [0.29, 0.717) is 23.5 Å². The van der Waals surface area contributed by atoms with Crippen LogP contribution in [0.15, 0.2) is 48.5 Å². The van der Waals surface area contributed by atoms with Crippen LogP contribution in [0, 0.1) is 13.8 Å². The molecule has 0 unspecified atom stereocenters. The first kappa shape index (κ1) is 20.2. The van der Waals surface area contributed by atoms with Gasteiger partial charge in [-0.15, -0.1) is 0 Å². The summed E-state index contributed by atoms with van der Waals surface area (Å²) in [6.07, 6.45) is 2.68. The van der Waals surface area contributed by atoms with Crippen molar-refractivity contribution in [1.29, 1.82) is 0 Å². The summed E-state index contributed by atoms with van der Waals surface area (Å²) < 4.78 is 27.3. The van der Waals surface area contributed by atoms with Gasteiger partial charge in [-0.05, 0) is 68.7 Å². The molecule has 0 aliphatic carbocycles. The van der Waals surface area contributed by atoms with Gasteiger partial charge < -0.3 is 5.32 Å². The number of para-hydroxylation sites is 2. The van der Waals surface area contributed by atoms with Crippen molar-refractivity contribution < 1.29 is 13.2 Å². The second-order valence-electron chi connectivity index (χ2n) is 7.59. The zero-order valence-electron chi connectivity index (χ0n) is 17.2. The maximum Gasteiger partial charge on any atom is 0.255 e. The van der Waals surface area contributed by atoms with E-state index in [2.05, 4.69) is 10.4 Å². The lowest BCUT2D eigenvalue weighted by molar-refractivity contribution is 0.102. The van der Waals surface area contributed by atoms with Crippen LogP contribution >= 0.6 is 0 Å². The molecule has 1 N–H and O–H groups in total. The van der Waals surface area contributed by atoms with Crippen LogP contribution in [-0.2, 0) is 16.4 Å². The summed E-state index contributed by atoms with van der Waals surface area (Å²) in [6.45, 7) is 4.36. The van der Waals surface area contributed by atoms with E-state index in [9.17, 15) is 13.2 Å². The largest absolute Gasteiger partial charge is 0.320 e. The minimum Gasteiger partial charge on any atom is -0.320 e. The van der Waals surface area contributed by atoms with E-state index in [1.54, 1.807) is 18.2 Å². The fraction of sp³-hybridized carbons (Fsp3) is 0.273. The number of benzene rings is 2. The molecule has 1 aliphatic rings. The van der Waals surface area contributed by atoms with E-state index in [4.69, 9.17) is 0 Å². The molecule has 2 aromatic carbocycles. The van der Waals surface area contributed by atoms with E-state index < -0.39 is 10.0 Å². The number of hydrogen-bond acceptors (Lipinski definition) is 4. The summed E-state index contributed by atoms with van der Waals surface area (Å²) in [4.78, 5) is 13.0. The van der Waals surface area contributed by atoms with Crippen LogP contribution in [0.25, 0.3) is 5.69 Å². The highest BCUT2D eigenvalue weighted by atomic mass is 32.2. The molecule has 2 heterocycles. The van der Waals surface area contributed by atoms with Crippen molar-refractivity contribution in [3.63, 3.8) is 0 Å². The number of nitrogens with zero attached hydrogens (tertiary/aromatic N) is 3. The minimum atomic E-state index is -3.34. The fourth-order valence-electron chi connectivity index (χ4n) is 3.88. The number of carbonyl (C=O) groups excluding carboxylic acids is 1. The molecule has 1 amide bonds. The van der Waals surface area contributed by atoms with Crippen LogP contribution < -0.4 is 9.62 Å². The molecule has 0 saturated heterocycles. The number of fused-ring (bicyclic) bond motifs is 1. The number of sulfonamides is 1. The average Bonchev–Trinajstić information content (AvgIpc) is 3.04. The zero-order chi connectivity index (χ0) is 21.5. The van der Waals surface area contributed by atoms with E-state index in [1.807, 2.05) is 48.9 Å². The van der Waals surface area contributed by atoms with Crippen molar-refractivity contribution in [2.75, 3.05) is 22.4 Å². The van der Waals surface area contributed by atoms with Crippen molar-refractivity contribution in [2.45, 2.75) is 26.7 Å². The Labute approximate surface area is 176 Å². The topological polar surface area (TPSA) is 84.3 Å². The third kappa shape index (κ3) is 3.82. The molecular weight excluding hydrogens is 400 g/mol. The molecular formula is C22H24N4O3S. The molecule has 1 aliphatic heterocycles. The molecule has 1 aromatic heterocycles. The Morgan fingerprint density at radius 2 is 1.83 bits per heavy atom. The highest BCUT2D eigenvalue weighted by molar-refractivity contribution is 7.92. The van der Waals surface area contributed by atoms with Crippen molar-refractivity contribution in [3.8, 4) is 5.69 Å². The third-order valence-corrected chi connectivity index (χ3v) is 6.39. The minimum absolute atomic E-state index is 0.247. The molecule has 8 heteroatoms. The Bertz CT molecular complexity index is 1230. The van der Waals surface area contributed by atoms with Crippen molar-refractivity contribution >= 4 is 27.3 Å². The first-order valence-corrected chi connectivity index (χ1v) is 11.6. The van der Waals surface area contributed by atoms with E-state index in [1.165, 1.54) is 10.6 Å². The number of rotatable bonds is 4. The molecule has 0 atom stereocenters. The lowest BCUT2D eigenvalue weighted by Crippen LogP contribution is -2.34. The molecule has 156 valence electrons. The molecule has 0 spiro atoms. The summed E-state index contributed by atoms with van der Waals surface area (Å²) in [5, 5.41) is 7.49. The Morgan fingerprint density at radius 3 is 2.53 bits per heavy atom. The summed E-state index contributed by atoms with van der Waals surface area (Å²) in [7, 11) is -3.34. The predicted octanol–water partition coefficient (Wildman–Crippen LogP) is 3.45. The number of hydrogen-bond donors (Lipinski definition) is 1. The maximum atomic E-state index is 13.0. The zero-order valence-corrected chi connectivity index (χ0v) is 18.0. The van der Waals surface area contributed by atoms with Crippen LogP contribution in [0.3, 0.4) is 0 Å². The summed E-state index contributed by atoms with van der Waals surface area (Å²) in [5.41, 5.74) is 5.34. The number of amides is 1. The van der Waals surface area contributed by atoms with Gasteiger partial charge in [0.05, 0.1) is 29.0 Å². The van der Waals surface area contributed by atoms with Crippen LogP contribution in [0.4, 0.5) is 11.4 Å². The normalized spacial score (nSPS) is 13.8. The van der Waals surface area contributed by atoms with Gasteiger partial charge >= 0.3 is 0 Å². The predicted molar refractivity (Wildman–Crippen MR) is 118 cm³/mol. The second-order valence-corrected chi connectivity index (χ2v) is 9.50. The number of aromatic nitrogens is 2. The summed E-state index contributed by atoms with van der Waals surface area (Å²) in [6, 6.07) is 14.7. The van der Waals surface area contributed by atoms with Gasteiger partial charge in [0, 0.05) is 17.8 Å². The van der Waals surface area contributed by atoms with Gasteiger partial charge in [0.1, 0.15) is 0 Å². The quantitative estimate of drug-likeness (QED) is 0.695. The van der Waals surface area contributed by atoms with Crippen LogP contribution in [0.2, 0.25) is 0 Å². The Hall–Kier alpha value is -3.13. The summed E-state index contributed by atoms with van der Waals surface area (Å²) in [5.74, 6) is -0.247. The number of carbonyl (C=O) groups is 1. The second kappa shape index (κ2) is 7.60. The lowest BCUT2D eigenvalue weighted by Gasteiger charge is -2.29. The first-order chi connectivity index (χ1) is 14.2. The fourth-order valence-corrected chi connectivity index (χ4v) is 4.88. The van der Waals surface area contributed by atoms with Crippen LogP contribution in [0.1, 0.15) is 33.7 Å². The first-order valence-electron chi connectivity index (χ1n) is 9.79. The van der Waals surface area contributed by atoms with Crippen LogP contribution in [0.5, 0.6) is 0 Å². The molecule has 0 radical (unpaired) electrons. The summed E-state index contributed by atoms with van der Waals surface area (Å²) >= 11 is 0. The molecule has 3 aromatic rings. The highest BCUT2D eigenvalue weighted by Gasteiger charge is 2.25. The van der Waals surface area contributed by atoms with Gasteiger partial charge in [0.15, 0.2) is 0 Å². The molecule has 4 rings (SSSR count). The standard InChI is InChI=1S/C22H24N4O3S/c1-15-13-16(2)26(24-15)21-9-5-4-8-19(21)23-22(27)18-10-11-20-17(14-18)7-6-12-25(20)30(3,28)29/h4-5,8-11,13-14H,6-7,12H2,1-3H3,(H,23,27). The van der Waals surface area contributed by atoms with Crippen LogP contribution in [-0.4, -0.2) is 36.9 Å². The van der Waals surface area contributed by atoms with Crippen molar-refractivity contribution in [3.05, 3.63) is 71.0 Å². The van der Waals surface area contributed by atoms with Gasteiger partial charge in [-0.25, -0.2) is 13.1 Å². The number of aryl methyl sites for hydroxylation is 3. The average molecular weight is 425 g/mol. The lowest BCUT2D eigenvalue weighted by atomic mass is 10.0. The van der Waals surface area contributed by atoms with Gasteiger partial charge in [0.2, 0.25) is 10.0 Å². The highest BCUT2D eigenvalue weighted by Crippen LogP contribution is 2.30. The molecule has 30 heavy (non-hydrogen) atoms. The smallest absolute Gasteiger partial charge is 0.255 e. The maximum absolute atomic E-state index is 13.0. The SMILES string of the molecule is Cc1cc(C)n(-c2ccccc2NC(=O)c2ccc3c(c2)CCCN3S(C)(=O)=O)n1. The molecule has 0 bridgehead atoms. The Kier molecular flexibility index (Phi) is 5.11. The Morgan fingerprint density at radius 1 is 1.07 bits per heavy atom. The number of nitrogens with one attached hydrogen (secondary N) is 1. The van der Waals surface area contributed by atoms with Crippen molar-refractivity contribution in [1.82, 2.24) is 9.78 Å². The molecule has 0 saturated carbocycles. The molecule has 7 nitrogen and oxygen atoms in total. The van der Waals surface area contributed by atoms with Gasteiger partial charge in [-0.1, -0.05) is 12.1 Å². The van der Waals surface area contributed by atoms with Crippen molar-refractivity contribution in [2.24, 2.45) is 0 Å². The van der Waals surface area contributed by atoms with E-state index >= 15 is 0 Å². The Balaban J connectivity index is 1.64. The van der Waals surface area contributed by atoms with E-state index in [-0.39, 0.29) is 5.91 Å².